The Morgan fingerprint density at radius 2 is 0.868 bits per heavy atom. The minimum Gasteiger partial charge on any atom is -0.380 e. The maximum absolute atomic E-state index is 5.49. The summed E-state index contributed by atoms with van der Waals surface area (Å²) >= 11 is 0. The van der Waals surface area contributed by atoms with Crippen LogP contribution < -0.4 is 9.80 Å². The van der Waals surface area contributed by atoms with Crippen molar-refractivity contribution in [2.45, 2.75) is 73.0 Å². The molecule has 6 aromatic rings. The van der Waals surface area contributed by atoms with Gasteiger partial charge in [0.2, 0.25) is 0 Å². The van der Waals surface area contributed by atoms with Gasteiger partial charge >= 0.3 is 0 Å². The van der Waals surface area contributed by atoms with Crippen LogP contribution in [-0.4, -0.2) is 14.2 Å². The summed E-state index contributed by atoms with van der Waals surface area (Å²) in [7, 11) is 3.49. The van der Waals surface area contributed by atoms with E-state index in [2.05, 4.69) is 173 Å². The molecule has 0 aliphatic heterocycles. The lowest BCUT2D eigenvalue weighted by Crippen LogP contribution is -2.18. The van der Waals surface area contributed by atoms with E-state index < -0.39 is 0 Å². The molecule has 0 spiro atoms. The Morgan fingerprint density at radius 3 is 1.30 bits per heavy atom. The molecule has 270 valence electrons. The van der Waals surface area contributed by atoms with Crippen LogP contribution in [0.4, 0.5) is 34.1 Å². The van der Waals surface area contributed by atoms with Crippen LogP contribution in [0.15, 0.2) is 121 Å². The third kappa shape index (κ3) is 6.90. The molecule has 0 unspecified atom stereocenters. The van der Waals surface area contributed by atoms with Gasteiger partial charge in [-0.05, 0) is 155 Å². The van der Waals surface area contributed by atoms with Gasteiger partial charge in [-0.3, -0.25) is 0 Å². The highest BCUT2D eigenvalue weighted by molar-refractivity contribution is 5.88. The zero-order valence-corrected chi connectivity index (χ0v) is 32.6. The first-order valence-corrected chi connectivity index (χ1v) is 18.9. The number of anilines is 6. The smallest absolute Gasteiger partial charge is 0.0715 e. The fraction of sp³-hybridized carbons (Fsp3) is 0.265. The van der Waals surface area contributed by atoms with Crippen LogP contribution >= 0.6 is 0 Å². The van der Waals surface area contributed by atoms with Crippen molar-refractivity contribution in [3.8, 4) is 11.1 Å². The Balaban J connectivity index is 1.32. The molecule has 0 saturated heterocycles. The van der Waals surface area contributed by atoms with Crippen molar-refractivity contribution in [1.82, 2.24) is 0 Å². The van der Waals surface area contributed by atoms with E-state index in [1.807, 2.05) is 0 Å². The van der Waals surface area contributed by atoms with Crippen LogP contribution in [-0.2, 0) is 40.9 Å². The fourth-order valence-electron chi connectivity index (χ4n) is 8.03. The zero-order valence-electron chi connectivity index (χ0n) is 32.6. The Hall–Kier alpha value is -5.16. The molecule has 0 N–H and O–H groups in total. The number of ether oxygens (including phenoxy) is 2. The maximum atomic E-state index is 5.49. The first-order chi connectivity index (χ1) is 25.7. The molecule has 0 saturated carbocycles. The molecule has 0 bridgehead atoms. The highest BCUT2D eigenvalue weighted by atomic mass is 16.5. The Kier molecular flexibility index (Phi) is 10.3. The van der Waals surface area contributed by atoms with Crippen molar-refractivity contribution in [3.63, 3.8) is 0 Å². The molecule has 0 atom stereocenters. The van der Waals surface area contributed by atoms with Crippen LogP contribution in [0.2, 0.25) is 0 Å². The minimum absolute atomic E-state index is 0.220. The standard InChI is InChI=1S/C49H52N2O2/c1-9-35-11-17-39(18-12-35)50(41-21-15-37(10-2)33(3)27-41)43-23-25-45-46-26-24-44(30-48(46)49(5,6)47(45)29-43)51(40-19-13-36(14-20-40)31-52-7)42-22-16-38(32-53-8)34(4)28-42/h11-30H,9-10,31-32H2,1-8H3. The van der Waals surface area contributed by atoms with Crippen LogP contribution in [0.1, 0.15) is 72.2 Å². The second-order valence-corrected chi connectivity index (χ2v) is 14.9. The summed E-state index contributed by atoms with van der Waals surface area (Å²) in [4.78, 5) is 4.79. The number of nitrogens with zero attached hydrogens (tertiary/aromatic N) is 2. The molecule has 4 heteroatoms. The van der Waals surface area contributed by atoms with Crippen molar-refractivity contribution in [2.24, 2.45) is 0 Å². The van der Waals surface area contributed by atoms with Gasteiger partial charge in [-0.2, -0.15) is 0 Å². The second kappa shape index (κ2) is 15.1. The molecule has 0 fully saturated rings. The second-order valence-electron chi connectivity index (χ2n) is 14.9. The first-order valence-electron chi connectivity index (χ1n) is 18.9. The SMILES string of the molecule is CCc1ccc(N(c2ccc(CC)c(C)c2)c2ccc3c(c2)C(C)(C)c2cc(N(c4ccc(COC)cc4)c4ccc(COC)c(C)c4)ccc2-3)cc1. The van der Waals surface area contributed by atoms with E-state index in [1.165, 1.54) is 67.1 Å². The number of fused-ring (bicyclic) bond motifs is 3. The number of hydrogen-bond acceptors (Lipinski definition) is 4. The molecule has 0 heterocycles. The van der Waals surface area contributed by atoms with Crippen LogP contribution in [0.25, 0.3) is 11.1 Å². The summed E-state index contributed by atoms with van der Waals surface area (Å²) in [5.41, 5.74) is 19.5. The maximum Gasteiger partial charge on any atom is 0.0715 e. The van der Waals surface area contributed by atoms with Gasteiger partial charge in [0.05, 0.1) is 13.2 Å². The number of aryl methyl sites for hydroxylation is 4. The molecular formula is C49H52N2O2. The molecular weight excluding hydrogens is 649 g/mol. The third-order valence-electron chi connectivity index (χ3n) is 11.1. The van der Waals surface area contributed by atoms with Gasteiger partial charge in [-0.1, -0.05) is 76.2 Å². The monoisotopic (exact) mass is 700 g/mol. The first kappa shape index (κ1) is 36.2. The van der Waals surface area contributed by atoms with Crippen LogP contribution in [0.5, 0.6) is 0 Å². The van der Waals surface area contributed by atoms with Crippen molar-refractivity contribution < 1.29 is 9.47 Å². The molecule has 6 aromatic carbocycles. The van der Waals surface area contributed by atoms with E-state index in [9.17, 15) is 0 Å². The highest BCUT2D eigenvalue weighted by Gasteiger charge is 2.37. The summed E-state index contributed by atoms with van der Waals surface area (Å²) in [6.45, 7) is 14.8. The average molecular weight is 701 g/mol. The summed E-state index contributed by atoms with van der Waals surface area (Å²) in [6, 6.07) is 45.4. The predicted octanol–water partition coefficient (Wildman–Crippen LogP) is 13.0. The van der Waals surface area contributed by atoms with Gasteiger partial charge in [0.25, 0.3) is 0 Å². The molecule has 0 amide bonds. The number of methoxy groups -OCH3 is 2. The number of hydrogen-bond donors (Lipinski definition) is 0. The van der Waals surface area contributed by atoms with Gasteiger partial charge in [-0.15, -0.1) is 0 Å². The molecule has 1 aliphatic carbocycles. The summed E-state index contributed by atoms with van der Waals surface area (Å²) in [6.07, 6.45) is 2.05. The van der Waals surface area contributed by atoms with E-state index in [-0.39, 0.29) is 5.41 Å². The van der Waals surface area contributed by atoms with Crippen molar-refractivity contribution in [1.29, 1.82) is 0 Å². The summed E-state index contributed by atoms with van der Waals surface area (Å²) in [5.74, 6) is 0. The van der Waals surface area contributed by atoms with E-state index in [1.54, 1.807) is 14.2 Å². The quantitative estimate of drug-likeness (QED) is 0.127. The Labute approximate surface area is 316 Å². The molecule has 4 nitrogen and oxygen atoms in total. The average Bonchev–Trinajstić information content (AvgIpc) is 3.39. The summed E-state index contributed by atoms with van der Waals surface area (Å²) < 4.78 is 10.9. The lowest BCUT2D eigenvalue weighted by molar-refractivity contribution is 0.184. The molecule has 53 heavy (non-hydrogen) atoms. The lowest BCUT2D eigenvalue weighted by atomic mass is 9.82. The van der Waals surface area contributed by atoms with Crippen molar-refractivity contribution >= 4 is 34.1 Å². The van der Waals surface area contributed by atoms with Gasteiger partial charge in [0, 0.05) is 53.8 Å². The van der Waals surface area contributed by atoms with E-state index in [0.717, 1.165) is 35.5 Å². The van der Waals surface area contributed by atoms with Gasteiger partial charge in [0.15, 0.2) is 0 Å². The van der Waals surface area contributed by atoms with Crippen LogP contribution in [0, 0.1) is 13.8 Å². The minimum atomic E-state index is -0.220. The van der Waals surface area contributed by atoms with Gasteiger partial charge in [0.1, 0.15) is 0 Å². The molecule has 1 aliphatic rings. The number of benzene rings is 6. The summed E-state index contributed by atoms with van der Waals surface area (Å²) in [5, 5.41) is 0. The van der Waals surface area contributed by atoms with Gasteiger partial charge < -0.3 is 19.3 Å². The molecule has 0 radical (unpaired) electrons. The van der Waals surface area contributed by atoms with E-state index >= 15 is 0 Å². The lowest BCUT2D eigenvalue weighted by Gasteiger charge is -2.30. The van der Waals surface area contributed by atoms with E-state index in [0.29, 0.717) is 13.2 Å². The van der Waals surface area contributed by atoms with E-state index in [4.69, 9.17) is 9.47 Å². The topological polar surface area (TPSA) is 24.9 Å². The number of rotatable bonds is 12. The third-order valence-corrected chi connectivity index (χ3v) is 11.1. The van der Waals surface area contributed by atoms with Crippen molar-refractivity contribution in [3.05, 3.63) is 166 Å². The van der Waals surface area contributed by atoms with Crippen LogP contribution in [0.3, 0.4) is 0 Å². The van der Waals surface area contributed by atoms with Gasteiger partial charge in [-0.25, -0.2) is 0 Å². The Morgan fingerprint density at radius 1 is 0.453 bits per heavy atom. The van der Waals surface area contributed by atoms with Crippen molar-refractivity contribution in [2.75, 3.05) is 24.0 Å². The largest absolute Gasteiger partial charge is 0.380 e. The molecule has 0 aromatic heterocycles. The zero-order chi connectivity index (χ0) is 37.3. The predicted molar refractivity (Wildman–Crippen MR) is 223 cm³/mol. The molecule has 7 rings (SSSR count). The fourth-order valence-corrected chi connectivity index (χ4v) is 8.03. The Bertz CT molecular complexity index is 2230. The highest BCUT2D eigenvalue weighted by Crippen LogP contribution is 2.52. The normalized spacial score (nSPS) is 12.8.